The zero-order chi connectivity index (χ0) is 27.6. The Balaban J connectivity index is 1.36. The average molecular weight is 545 g/mol. The van der Waals surface area contributed by atoms with Gasteiger partial charge in [0, 0.05) is 48.2 Å². The van der Waals surface area contributed by atoms with Gasteiger partial charge in [-0.05, 0) is 54.8 Å². The number of carbonyl (C=O) groups excluding carboxylic acids is 4. The largest absolute Gasteiger partial charge is 0.325 e. The third-order valence-electron chi connectivity index (χ3n) is 7.66. The fraction of sp³-hybridized carbons (Fsp3) is 0.385. The maximum atomic E-state index is 14.0. The van der Waals surface area contributed by atoms with Gasteiger partial charge in [-0.25, -0.2) is 13.6 Å². The predicted molar refractivity (Wildman–Crippen MR) is 134 cm³/mol. The normalized spacial score (nSPS) is 26.1. The van der Waals surface area contributed by atoms with Gasteiger partial charge in [-0.2, -0.15) is 0 Å². The molecule has 0 bridgehead atoms. The molecule has 2 aromatic carbocycles. The van der Waals surface area contributed by atoms with Crippen LogP contribution in [0.2, 0.25) is 0 Å². The number of likely N-dealkylation sites (N-methyl/N-ethyl adjacent to an activating group) is 1. The molecule has 9 nitrogen and oxygen atoms in total. The van der Waals surface area contributed by atoms with Crippen molar-refractivity contribution in [3.63, 3.8) is 0 Å². The first-order valence-corrected chi connectivity index (χ1v) is 13.3. The Morgan fingerprint density at radius 3 is 2.37 bits per heavy atom. The van der Waals surface area contributed by atoms with E-state index >= 15 is 0 Å². The third kappa shape index (κ3) is 4.16. The lowest BCUT2D eigenvalue weighted by Crippen LogP contribution is -2.57. The summed E-state index contributed by atoms with van der Waals surface area (Å²) in [5.41, 5.74) is 1.22. The van der Waals surface area contributed by atoms with E-state index in [-0.39, 0.29) is 23.6 Å². The average Bonchev–Trinajstić information content (AvgIpc) is 3.31. The van der Waals surface area contributed by atoms with Gasteiger partial charge in [0.25, 0.3) is 5.91 Å². The number of rotatable bonds is 4. The molecule has 200 valence electrons. The first-order valence-electron chi connectivity index (χ1n) is 12.0. The molecule has 0 aromatic heterocycles. The number of benzene rings is 2. The second-order valence-corrected chi connectivity index (χ2v) is 12.5. The summed E-state index contributed by atoms with van der Waals surface area (Å²) in [5.74, 6) is -3.25. The molecule has 0 saturated carbocycles. The highest BCUT2D eigenvalue weighted by molar-refractivity contribution is 7.87. The first-order chi connectivity index (χ1) is 17.8. The van der Waals surface area contributed by atoms with Gasteiger partial charge in [0.2, 0.25) is 11.8 Å². The third-order valence-corrected chi connectivity index (χ3v) is 9.59. The highest BCUT2D eigenvalue weighted by atomic mass is 32.2. The van der Waals surface area contributed by atoms with Crippen molar-refractivity contribution in [2.24, 2.45) is 0 Å². The van der Waals surface area contributed by atoms with Crippen LogP contribution in [0.1, 0.15) is 36.6 Å². The molecule has 2 N–H and O–H groups in total. The summed E-state index contributed by atoms with van der Waals surface area (Å²) in [6.45, 7) is 2.59. The Morgan fingerprint density at radius 1 is 1.08 bits per heavy atom. The van der Waals surface area contributed by atoms with E-state index in [0.717, 1.165) is 23.3 Å². The Morgan fingerprint density at radius 2 is 1.74 bits per heavy atom. The molecule has 1 spiro atoms. The molecule has 0 radical (unpaired) electrons. The molecule has 38 heavy (non-hydrogen) atoms. The van der Waals surface area contributed by atoms with E-state index < -0.39 is 63.2 Å². The topological polar surface area (TPSA) is 116 Å². The molecule has 3 atom stereocenters. The highest BCUT2D eigenvalue weighted by Crippen LogP contribution is 2.38. The Bertz CT molecular complexity index is 1410. The summed E-state index contributed by atoms with van der Waals surface area (Å²) in [4.78, 5) is 53.5. The number of hydrogen-bond donors (Lipinski definition) is 2. The quantitative estimate of drug-likeness (QED) is 0.572. The van der Waals surface area contributed by atoms with Crippen molar-refractivity contribution in [2.75, 3.05) is 24.7 Å². The molecule has 2 aromatic rings. The molecule has 2 aliphatic heterocycles. The number of hydrogen-bond acceptors (Lipinski definition) is 5. The summed E-state index contributed by atoms with van der Waals surface area (Å²) >= 11 is 0. The Hall–Kier alpha value is -3.67. The van der Waals surface area contributed by atoms with Crippen LogP contribution in [-0.4, -0.2) is 67.4 Å². The molecule has 12 heteroatoms. The van der Waals surface area contributed by atoms with Crippen LogP contribution in [0.5, 0.6) is 0 Å². The molecule has 1 aliphatic carbocycles. The van der Waals surface area contributed by atoms with E-state index in [1.807, 2.05) is 0 Å². The molecule has 5 rings (SSSR count). The van der Waals surface area contributed by atoms with E-state index in [9.17, 15) is 32.2 Å². The summed E-state index contributed by atoms with van der Waals surface area (Å²) in [7, 11) is -0.0699. The van der Waals surface area contributed by atoms with Crippen LogP contribution in [-0.2, 0) is 38.0 Å². The zero-order valence-corrected chi connectivity index (χ0v) is 21.8. The van der Waals surface area contributed by atoms with Gasteiger partial charge in [-0.15, -0.1) is 0 Å². The van der Waals surface area contributed by atoms with Gasteiger partial charge in [0.05, 0.1) is 6.04 Å². The second-order valence-electron chi connectivity index (χ2n) is 10.4. The predicted octanol–water partition coefficient (Wildman–Crippen LogP) is 2.03. The highest BCUT2D eigenvalue weighted by Gasteiger charge is 2.54. The van der Waals surface area contributed by atoms with E-state index in [1.165, 1.54) is 23.6 Å². The number of anilines is 1. The summed E-state index contributed by atoms with van der Waals surface area (Å²) in [6.07, 6.45) is 0.642. The van der Waals surface area contributed by atoms with Crippen LogP contribution in [0.4, 0.5) is 19.3 Å². The summed E-state index contributed by atoms with van der Waals surface area (Å²) < 4.78 is 39.4. The van der Waals surface area contributed by atoms with E-state index in [1.54, 1.807) is 25.2 Å². The lowest BCUT2D eigenvalue weighted by Gasteiger charge is -2.42. The second kappa shape index (κ2) is 8.97. The van der Waals surface area contributed by atoms with E-state index in [2.05, 4.69) is 10.6 Å². The van der Waals surface area contributed by atoms with Gasteiger partial charge in [0.1, 0.15) is 28.5 Å². The fourth-order valence-corrected chi connectivity index (χ4v) is 6.77. The first kappa shape index (κ1) is 26.0. The number of urea groups is 1. The van der Waals surface area contributed by atoms with E-state index in [0.29, 0.717) is 18.2 Å². The SMILES string of the molecule is CN1C(=O)NC(=O)[C@@]12Cc1ccc(NC(=O)CN3C(=O)C(C)(C)S(=O)C[C@@H]3c3cc(F)cc(F)c3)cc1C2. The molecular weight excluding hydrogens is 518 g/mol. The minimum Gasteiger partial charge on any atom is -0.325 e. The summed E-state index contributed by atoms with van der Waals surface area (Å²) in [5, 5.41) is 5.08. The smallest absolute Gasteiger partial charge is 0.324 e. The van der Waals surface area contributed by atoms with Crippen molar-refractivity contribution in [1.29, 1.82) is 0 Å². The van der Waals surface area contributed by atoms with Crippen molar-refractivity contribution in [1.82, 2.24) is 15.1 Å². The number of amides is 5. The monoisotopic (exact) mass is 544 g/mol. The number of halogens is 2. The Kier molecular flexibility index (Phi) is 6.13. The minimum absolute atomic E-state index is 0.0792. The standard InChI is InChI=1S/C26H26F2N4O5S/c1-25(2)23(35)32(20(13-38(25)37)15-6-17(27)9-18(28)7-15)12-21(33)29-19-5-4-14-10-26(11-16(14)8-19)22(34)30-24(36)31(26)3/h4-9,20H,10-13H2,1-3H3,(H,29,33)(H,30,34,36)/t20-,26+,38?/m1/s1. The summed E-state index contributed by atoms with van der Waals surface area (Å²) in [6, 6.07) is 6.59. The molecule has 3 aliphatic rings. The van der Waals surface area contributed by atoms with E-state index in [4.69, 9.17) is 0 Å². The van der Waals surface area contributed by atoms with Crippen molar-refractivity contribution in [3.05, 3.63) is 64.7 Å². The van der Waals surface area contributed by atoms with Crippen molar-refractivity contribution in [2.45, 2.75) is 43.0 Å². The molecule has 2 fully saturated rings. The molecule has 2 heterocycles. The number of imide groups is 1. The molecular formula is C26H26F2N4O5S. The number of nitrogens with zero attached hydrogens (tertiary/aromatic N) is 2. The van der Waals surface area contributed by atoms with Gasteiger partial charge >= 0.3 is 6.03 Å². The molecule has 1 unspecified atom stereocenters. The van der Waals surface area contributed by atoms with Crippen LogP contribution in [0, 0.1) is 11.6 Å². The van der Waals surface area contributed by atoms with Gasteiger partial charge < -0.3 is 15.1 Å². The Labute approximate surface area is 220 Å². The van der Waals surface area contributed by atoms with Crippen molar-refractivity contribution >= 4 is 40.2 Å². The maximum Gasteiger partial charge on any atom is 0.324 e. The maximum absolute atomic E-state index is 14.0. The van der Waals surface area contributed by atoms with Crippen LogP contribution in [0.3, 0.4) is 0 Å². The molecule has 2 saturated heterocycles. The van der Waals surface area contributed by atoms with Gasteiger partial charge in [0.15, 0.2) is 0 Å². The number of carbonyl (C=O) groups is 4. The number of fused-ring (bicyclic) bond motifs is 1. The van der Waals surface area contributed by atoms with Crippen LogP contribution in [0.25, 0.3) is 0 Å². The van der Waals surface area contributed by atoms with Crippen molar-refractivity contribution in [3.8, 4) is 0 Å². The fourth-order valence-electron chi connectivity index (χ4n) is 5.38. The van der Waals surface area contributed by atoms with Crippen LogP contribution < -0.4 is 10.6 Å². The van der Waals surface area contributed by atoms with Crippen LogP contribution >= 0.6 is 0 Å². The van der Waals surface area contributed by atoms with Crippen molar-refractivity contribution < 1.29 is 32.2 Å². The lowest BCUT2D eigenvalue weighted by atomic mass is 9.95. The van der Waals surface area contributed by atoms with Crippen LogP contribution in [0.15, 0.2) is 36.4 Å². The van der Waals surface area contributed by atoms with Gasteiger partial charge in [-0.3, -0.25) is 23.9 Å². The zero-order valence-electron chi connectivity index (χ0n) is 21.0. The number of nitrogens with one attached hydrogen (secondary N) is 2. The lowest BCUT2D eigenvalue weighted by molar-refractivity contribution is -0.139. The molecule has 5 amide bonds. The minimum atomic E-state index is -1.64. The van der Waals surface area contributed by atoms with Gasteiger partial charge in [-0.1, -0.05) is 6.07 Å².